The number of rotatable bonds is 5. The highest BCUT2D eigenvalue weighted by atomic mass is 16.2. The fraction of sp³-hybridized carbons (Fsp3) is 0. The van der Waals surface area contributed by atoms with Gasteiger partial charge in [-0.25, -0.2) is 14.9 Å². The van der Waals surface area contributed by atoms with E-state index in [9.17, 15) is 9.59 Å². The fourth-order valence-electron chi connectivity index (χ4n) is 7.00. The molecule has 0 aliphatic carbocycles. The zero-order valence-corrected chi connectivity index (χ0v) is 25.6. The van der Waals surface area contributed by atoms with Crippen molar-refractivity contribution < 1.29 is 9.59 Å². The molecule has 48 heavy (non-hydrogen) atoms. The lowest BCUT2D eigenvalue weighted by atomic mass is 9.97. The third kappa shape index (κ3) is 4.20. The Morgan fingerprint density at radius 3 is 1.92 bits per heavy atom. The maximum Gasteiger partial charge on any atom is 0.268 e. The van der Waals surface area contributed by atoms with E-state index >= 15 is 0 Å². The Balaban J connectivity index is 1.27. The van der Waals surface area contributed by atoms with Crippen molar-refractivity contribution in [1.82, 2.24) is 14.5 Å². The fourth-order valence-corrected chi connectivity index (χ4v) is 7.00. The third-order valence-corrected chi connectivity index (χ3v) is 9.13. The van der Waals surface area contributed by atoms with Gasteiger partial charge in [-0.05, 0) is 47.0 Å². The van der Waals surface area contributed by atoms with Crippen molar-refractivity contribution in [1.29, 1.82) is 0 Å². The van der Waals surface area contributed by atoms with Gasteiger partial charge in [0, 0.05) is 39.9 Å². The van der Waals surface area contributed by atoms with Gasteiger partial charge in [0.05, 0.1) is 33.5 Å². The Bertz CT molecular complexity index is 2540. The summed E-state index contributed by atoms with van der Waals surface area (Å²) in [7, 11) is 0. The van der Waals surface area contributed by atoms with E-state index in [-0.39, 0.29) is 11.8 Å². The lowest BCUT2D eigenvalue weighted by Gasteiger charge is -2.20. The van der Waals surface area contributed by atoms with E-state index in [0.29, 0.717) is 22.5 Å². The van der Waals surface area contributed by atoms with Gasteiger partial charge in [-0.3, -0.25) is 9.59 Å². The average molecular weight is 619 g/mol. The molecule has 8 aromatic rings. The molecule has 226 valence electrons. The number of fused-ring (bicyclic) bond motifs is 4. The largest absolute Gasteiger partial charge is 0.308 e. The standard InChI is InChI=1S/C42H26N4O2/c47-41-34-18-10-20-38(45-36-19-8-7-15-32(36)33-17-9-16-31(40(33)45)30-24-43-26-44-25-30)39(34)42(48)46(41)37-22-21-29(27-11-3-1-4-12-27)23-35(37)28-13-5-2-6-14-28/h1-26H. The quantitative estimate of drug-likeness (QED) is 0.180. The Hall–Kier alpha value is -6.66. The number of carbonyl (C=O) groups is 2. The second kappa shape index (κ2) is 11.0. The molecule has 0 saturated carbocycles. The first-order valence-electron chi connectivity index (χ1n) is 15.7. The first-order chi connectivity index (χ1) is 23.7. The monoisotopic (exact) mass is 618 g/mol. The summed E-state index contributed by atoms with van der Waals surface area (Å²) in [5, 5.41) is 2.07. The van der Waals surface area contributed by atoms with E-state index in [2.05, 4.69) is 50.9 Å². The molecule has 6 nitrogen and oxygen atoms in total. The highest BCUT2D eigenvalue weighted by Gasteiger charge is 2.40. The second-order valence-electron chi connectivity index (χ2n) is 11.8. The van der Waals surface area contributed by atoms with Crippen LogP contribution in [0.3, 0.4) is 0 Å². The molecule has 0 atom stereocenters. The van der Waals surface area contributed by atoms with E-state index in [4.69, 9.17) is 0 Å². The Morgan fingerprint density at radius 2 is 1.12 bits per heavy atom. The topological polar surface area (TPSA) is 68.1 Å². The zero-order valence-electron chi connectivity index (χ0n) is 25.6. The Kier molecular flexibility index (Phi) is 6.33. The van der Waals surface area contributed by atoms with Crippen molar-refractivity contribution in [3.05, 3.63) is 169 Å². The summed E-state index contributed by atoms with van der Waals surface area (Å²) in [6.07, 6.45) is 5.10. The van der Waals surface area contributed by atoms with E-state index in [1.165, 1.54) is 11.2 Å². The zero-order chi connectivity index (χ0) is 32.2. The van der Waals surface area contributed by atoms with Gasteiger partial charge in [0.15, 0.2) is 0 Å². The number of amides is 2. The number of para-hydroxylation sites is 2. The van der Waals surface area contributed by atoms with E-state index in [1.807, 2.05) is 97.1 Å². The molecule has 0 fully saturated rings. The Labute approximate surface area is 276 Å². The Morgan fingerprint density at radius 1 is 0.458 bits per heavy atom. The normalized spacial score (nSPS) is 12.6. The van der Waals surface area contributed by atoms with Crippen LogP contribution in [0.25, 0.3) is 60.9 Å². The van der Waals surface area contributed by atoms with Crippen LogP contribution in [0.15, 0.2) is 158 Å². The minimum atomic E-state index is -0.360. The minimum absolute atomic E-state index is 0.348. The lowest BCUT2D eigenvalue weighted by molar-refractivity contribution is 0.0926. The predicted octanol–water partition coefficient (Wildman–Crippen LogP) is 9.38. The molecular weight excluding hydrogens is 592 g/mol. The maximum absolute atomic E-state index is 14.8. The third-order valence-electron chi connectivity index (χ3n) is 9.13. The summed E-state index contributed by atoms with van der Waals surface area (Å²) in [4.78, 5) is 39.0. The number of hydrogen-bond donors (Lipinski definition) is 0. The summed E-state index contributed by atoms with van der Waals surface area (Å²) < 4.78 is 2.11. The van der Waals surface area contributed by atoms with Crippen molar-refractivity contribution in [2.24, 2.45) is 0 Å². The number of benzene rings is 6. The molecule has 2 amide bonds. The van der Waals surface area contributed by atoms with Gasteiger partial charge in [0.2, 0.25) is 0 Å². The van der Waals surface area contributed by atoms with E-state index in [0.717, 1.165) is 55.2 Å². The van der Waals surface area contributed by atoms with E-state index in [1.54, 1.807) is 18.5 Å². The number of anilines is 1. The van der Waals surface area contributed by atoms with Gasteiger partial charge in [-0.1, -0.05) is 109 Å². The first-order valence-corrected chi connectivity index (χ1v) is 15.7. The van der Waals surface area contributed by atoms with Crippen molar-refractivity contribution in [3.8, 4) is 39.1 Å². The summed E-state index contributed by atoms with van der Waals surface area (Å²) >= 11 is 0. The van der Waals surface area contributed by atoms with Crippen LogP contribution in [0, 0.1) is 0 Å². The molecule has 0 radical (unpaired) electrons. The van der Waals surface area contributed by atoms with Crippen LogP contribution in [0.5, 0.6) is 0 Å². The molecule has 3 heterocycles. The molecule has 9 rings (SSSR count). The van der Waals surface area contributed by atoms with Crippen LogP contribution in [-0.2, 0) is 0 Å². The van der Waals surface area contributed by atoms with Gasteiger partial charge in [-0.15, -0.1) is 0 Å². The molecule has 2 aromatic heterocycles. The summed E-state index contributed by atoms with van der Waals surface area (Å²) in [6, 6.07) is 45.7. The molecule has 0 unspecified atom stereocenters. The highest BCUT2D eigenvalue weighted by molar-refractivity contribution is 6.36. The molecule has 0 bridgehead atoms. The lowest BCUT2D eigenvalue weighted by Crippen LogP contribution is -2.30. The predicted molar refractivity (Wildman–Crippen MR) is 190 cm³/mol. The van der Waals surface area contributed by atoms with Gasteiger partial charge >= 0.3 is 0 Å². The number of nitrogens with zero attached hydrogens (tertiary/aromatic N) is 4. The molecule has 0 N–H and O–H groups in total. The molecular formula is C42H26N4O2. The van der Waals surface area contributed by atoms with Crippen LogP contribution in [0.2, 0.25) is 0 Å². The number of imide groups is 1. The number of hydrogen-bond acceptors (Lipinski definition) is 4. The van der Waals surface area contributed by atoms with Crippen molar-refractivity contribution >= 4 is 39.3 Å². The van der Waals surface area contributed by atoms with Gasteiger partial charge in [-0.2, -0.15) is 0 Å². The summed E-state index contributed by atoms with van der Waals surface area (Å²) in [5.74, 6) is -0.708. The van der Waals surface area contributed by atoms with Crippen molar-refractivity contribution in [2.75, 3.05) is 4.90 Å². The van der Waals surface area contributed by atoms with Gasteiger partial charge in [0.1, 0.15) is 6.33 Å². The average Bonchev–Trinajstić information content (AvgIpc) is 3.63. The van der Waals surface area contributed by atoms with Crippen LogP contribution in [0.1, 0.15) is 20.7 Å². The first kappa shape index (κ1) is 27.6. The molecule has 0 spiro atoms. The maximum atomic E-state index is 14.8. The van der Waals surface area contributed by atoms with Gasteiger partial charge < -0.3 is 4.57 Å². The van der Waals surface area contributed by atoms with Crippen LogP contribution < -0.4 is 4.90 Å². The van der Waals surface area contributed by atoms with Gasteiger partial charge in [0.25, 0.3) is 11.8 Å². The number of carbonyl (C=O) groups excluding carboxylic acids is 2. The SMILES string of the molecule is O=C1c2cccc(-n3c4ccccc4c4cccc(-c5cncnc5)c43)c2C(=O)N1c1ccc(-c2ccccc2)cc1-c1ccccc1. The smallest absolute Gasteiger partial charge is 0.268 e. The molecule has 6 aromatic carbocycles. The molecule has 1 aliphatic heterocycles. The summed E-state index contributed by atoms with van der Waals surface area (Å²) in [6.45, 7) is 0. The minimum Gasteiger partial charge on any atom is -0.308 e. The summed E-state index contributed by atoms with van der Waals surface area (Å²) in [5.41, 5.74) is 9.33. The van der Waals surface area contributed by atoms with Crippen LogP contribution >= 0.6 is 0 Å². The molecule has 0 saturated heterocycles. The second-order valence-corrected chi connectivity index (χ2v) is 11.8. The number of aromatic nitrogens is 3. The van der Waals surface area contributed by atoms with Crippen LogP contribution in [-0.4, -0.2) is 26.3 Å². The van der Waals surface area contributed by atoms with Crippen LogP contribution in [0.4, 0.5) is 5.69 Å². The molecule has 6 heteroatoms. The van der Waals surface area contributed by atoms with Crippen molar-refractivity contribution in [2.45, 2.75) is 0 Å². The highest BCUT2D eigenvalue weighted by Crippen LogP contribution is 2.43. The van der Waals surface area contributed by atoms with Crippen molar-refractivity contribution in [3.63, 3.8) is 0 Å². The molecule has 1 aliphatic rings. The van der Waals surface area contributed by atoms with E-state index < -0.39 is 0 Å².